The number of furan rings is 1. The molecule has 0 unspecified atom stereocenters. The molecular formula is C25H14N4O. The van der Waals surface area contributed by atoms with E-state index in [1.54, 1.807) is 0 Å². The fraction of sp³-hybridized carbons (Fsp3) is 0. The van der Waals surface area contributed by atoms with Crippen LogP contribution in [0.3, 0.4) is 0 Å². The van der Waals surface area contributed by atoms with E-state index in [1.807, 2.05) is 67.4 Å². The van der Waals surface area contributed by atoms with Crippen LogP contribution in [0.5, 0.6) is 0 Å². The van der Waals surface area contributed by atoms with Crippen molar-refractivity contribution in [2.75, 3.05) is 0 Å². The van der Waals surface area contributed by atoms with Gasteiger partial charge in [0.2, 0.25) is 0 Å². The molecule has 0 radical (unpaired) electrons. The van der Waals surface area contributed by atoms with Crippen molar-refractivity contribution in [2.24, 2.45) is 0 Å². The largest absolute Gasteiger partial charge is 0.455 e. The third kappa shape index (κ3) is 1.89. The fourth-order valence-electron chi connectivity index (χ4n) is 4.63. The van der Waals surface area contributed by atoms with E-state index in [2.05, 4.69) is 32.7 Å². The maximum atomic E-state index is 6.39. The van der Waals surface area contributed by atoms with Crippen LogP contribution < -0.4 is 0 Å². The third-order valence-corrected chi connectivity index (χ3v) is 5.81. The minimum Gasteiger partial charge on any atom is -0.455 e. The van der Waals surface area contributed by atoms with Gasteiger partial charge in [0.1, 0.15) is 11.2 Å². The molecule has 0 aliphatic carbocycles. The van der Waals surface area contributed by atoms with Gasteiger partial charge in [-0.05, 0) is 36.4 Å². The smallest absolute Gasteiger partial charge is 0.145 e. The zero-order valence-electron chi connectivity index (χ0n) is 15.8. The van der Waals surface area contributed by atoms with Gasteiger partial charge >= 0.3 is 0 Å². The van der Waals surface area contributed by atoms with Gasteiger partial charge in [-0.25, -0.2) is 0 Å². The Morgan fingerprint density at radius 2 is 1.57 bits per heavy atom. The number of fused-ring (bicyclic) bond motifs is 10. The summed E-state index contributed by atoms with van der Waals surface area (Å²) in [6, 6.07) is 18.4. The molecule has 0 bridgehead atoms. The minimum absolute atomic E-state index is 0.873. The number of hydrogen-bond acceptors (Lipinski definition) is 4. The summed E-state index contributed by atoms with van der Waals surface area (Å²) < 4.78 is 8.65. The van der Waals surface area contributed by atoms with E-state index in [9.17, 15) is 0 Å². The minimum atomic E-state index is 0.873. The summed E-state index contributed by atoms with van der Waals surface area (Å²) >= 11 is 0. The summed E-state index contributed by atoms with van der Waals surface area (Å²) in [7, 11) is 0. The SMILES string of the molecule is c1ccc2c(c1)oc1c3ccncc3c3c4ncccc4n(-c4ccncc4)c3c21. The molecule has 2 aromatic carbocycles. The van der Waals surface area contributed by atoms with Crippen LogP contribution >= 0.6 is 0 Å². The lowest BCUT2D eigenvalue weighted by molar-refractivity contribution is 0.673. The summed E-state index contributed by atoms with van der Waals surface area (Å²) in [5, 5.41) is 5.35. The highest BCUT2D eigenvalue weighted by Gasteiger charge is 2.23. The standard InChI is InChI=1S/C25H14N4O/c1-2-6-20-17(4-1)22-24-21(18-14-27-13-9-16(18)25(22)30-20)23-19(5-3-10-28-23)29(24)15-7-11-26-12-8-15/h1-14H. The monoisotopic (exact) mass is 386 g/mol. The highest BCUT2D eigenvalue weighted by atomic mass is 16.3. The lowest BCUT2D eigenvalue weighted by atomic mass is 10.0. The molecular weight excluding hydrogens is 372 g/mol. The molecule has 0 saturated carbocycles. The van der Waals surface area contributed by atoms with Crippen LogP contribution in [0.4, 0.5) is 0 Å². The van der Waals surface area contributed by atoms with Crippen molar-refractivity contribution in [3.8, 4) is 5.69 Å². The highest BCUT2D eigenvalue weighted by molar-refractivity contribution is 6.34. The van der Waals surface area contributed by atoms with Crippen molar-refractivity contribution >= 4 is 54.6 Å². The molecule has 5 heterocycles. The molecule has 0 N–H and O–H groups in total. The second-order valence-corrected chi connectivity index (χ2v) is 7.36. The first-order valence-corrected chi connectivity index (χ1v) is 9.78. The van der Waals surface area contributed by atoms with E-state index < -0.39 is 0 Å². The number of hydrogen-bond donors (Lipinski definition) is 0. The zero-order valence-corrected chi connectivity index (χ0v) is 15.8. The first kappa shape index (κ1) is 15.6. The van der Waals surface area contributed by atoms with Gasteiger partial charge in [-0.1, -0.05) is 18.2 Å². The van der Waals surface area contributed by atoms with Crippen LogP contribution in [0.2, 0.25) is 0 Å². The highest BCUT2D eigenvalue weighted by Crippen LogP contribution is 2.44. The number of rotatable bonds is 1. The number of benzene rings is 2. The van der Waals surface area contributed by atoms with Crippen LogP contribution in [-0.2, 0) is 0 Å². The van der Waals surface area contributed by atoms with Gasteiger partial charge in [0.05, 0.1) is 21.9 Å². The van der Waals surface area contributed by atoms with Crippen LogP contribution in [0.25, 0.3) is 60.3 Å². The van der Waals surface area contributed by atoms with Crippen LogP contribution in [0, 0.1) is 0 Å². The van der Waals surface area contributed by atoms with Gasteiger partial charge < -0.3 is 8.98 Å². The molecule has 5 heteroatoms. The zero-order chi connectivity index (χ0) is 19.7. The van der Waals surface area contributed by atoms with Crippen molar-refractivity contribution in [2.45, 2.75) is 0 Å². The first-order chi connectivity index (χ1) is 14.9. The van der Waals surface area contributed by atoms with E-state index in [0.717, 1.165) is 60.3 Å². The maximum Gasteiger partial charge on any atom is 0.145 e. The molecule has 0 spiro atoms. The normalized spacial score (nSPS) is 12.0. The summed E-state index contributed by atoms with van der Waals surface area (Å²) in [5.41, 5.74) is 5.86. The molecule has 0 fully saturated rings. The van der Waals surface area contributed by atoms with Crippen molar-refractivity contribution in [1.82, 2.24) is 19.5 Å². The summed E-state index contributed by atoms with van der Waals surface area (Å²) in [5.74, 6) is 0. The van der Waals surface area contributed by atoms with Gasteiger partial charge in [0.25, 0.3) is 0 Å². The van der Waals surface area contributed by atoms with Crippen LogP contribution in [0.1, 0.15) is 0 Å². The van der Waals surface area contributed by atoms with Gasteiger partial charge in [-0.2, -0.15) is 0 Å². The molecule has 0 atom stereocenters. The topological polar surface area (TPSA) is 56.7 Å². The first-order valence-electron chi connectivity index (χ1n) is 9.78. The Kier molecular flexibility index (Phi) is 2.94. The number of aromatic nitrogens is 4. The molecule has 7 rings (SSSR count). The molecule has 0 aliphatic heterocycles. The third-order valence-electron chi connectivity index (χ3n) is 5.81. The van der Waals surface area contributed by atoms with Gasteiger partial charge in [-0.15, -0.1) is 0 Å². The average molecular weight is 386 g/mol. The summed E-state index contributed by atoms with van der Waals surface area (Å²) in [6.45, 7) is 0. The second-order valence-electron chi connectivity index (χ2n) is 7.36. The molecule has 7 aromatic rings. The molecule has 140 valence electrons. The number of pyridine rings is 3. The van der Waals surface area contributed by atoms with Gasteiger partial charge in [0.15, 0.2) is 0 Å². The Morgan fingerprint density at radius 1 is 0.700 bits per heavy atom. The van der Waals surface area contributed by atoms with Crippen LogP contribution in [-0.4, -0.2) is 19.5 Å². The number of nitrogens with zero attached hydrogens (tertiary/aromatic N) is 4. The van der Waals surface area contributed by atoms with Crippen LogP contribution in [0.15, 0.2) is 90.0 Å². The van der Waals surface area contributed by atoms with Crippen molar-refractivity contribution in [1.29, 1.82) is 0 Å². The van der Waals surface area contributed by atoms with Crippen molar-refractivity contribution < 1.29 is 4.42 Å². The summed E-state index contributed by atoms with van der Waals surface area (Å²) in [6.07, 6.45) is 9.21. The van der Waals surface area contributed by atoms with Crippen molar-refractivity contribution in [3.63, 3.8) is 0 Å². The van der Waals surface area contributed by atoms with Crippen molar-refractivity contribution in [3.05, 3.63) is 85.6 Å². The van der Waals surface area contributed by atoms with Gasteiger partial charge in [-0.3, -0.25) is 15.0 Å². The van der Waals surface area contributed by atoms with Gasteiger partial charge in [0, 0.05) is 58.2 Å². The Labute approximate surface area is 170 Å². The van der Waals surface area contributed by atoms with E-state index in [1.165, 1.54) is 0 Å². The molecule has 5 aromatic heterocycles. The number of para-hydroxylation sites is 1. The fourth-order valence-corrected chi connectivity index (χ4v) is 4.63. The second kappa shape index (κ2) is 5.64. The Hall–Kier alpha value is -4.25. The van der Waals surface area contributed by atoms with E-state index >= 15 is 0 Å². The average Bonchev–Trinajstić information content (AvgIpc) is 3.36. The lowest BCUT2D eigenvalue weighted by Gasteiger charge is -2.09. The molecule has 30 heavy (non-hydrogen) atoms. The van der Waals surface area contributed by atoms with E-state index in [-0.39, 0.29) is 0 Å². The molecule has 0 aliphatic rings. The predicted octanol–water partition coefficient (Wildman–Crippen LogP) is 6.02. The Bertz CT molecular complexity index is 1750. The lowest BCUT2D eigenvalue weighted by Crippen LogP contribution is -1.94. The van der Waals surface area contributed by atoms with E-state index in [0.29, 0.717) is 0 Å². The van der Waals surface area contributed by atoms with E-state index in [4.69, 9.17) is 9.40 Å². The molecule has 0 saturated heterocycles. The Balaban J connectivity index is 1.91. The molecule has 5 nitrogen and oxygen atoms in total. The molecule has 0 amide bonds. The predicted molar refractivity (Wildman–Crippen MR) is 119 cm³/mol. The Morgan fingerprint density at radius 3 is 2.50 bits per heavy atom. The maximum absolute atomic E-state index is 6.39. The quantitative estimate of drug-likeness (QED) is 0.346. The summed E-state index contributed by atoms with van der Waals surface area (Å²) in [4.78, 5) is 13.4.